The summed E-state index contributed by atoms with van der Waals surface area (Å²) in [5.74, 6) is 0.431. The molecule has 0 unspecified atom stereocenters. The third kappa shape index (κ3) is 5.37. The van der Waals surface area contributed by atoms with Crippen molar-refractivity contribution >= 4 is 44.4 Å². The fourth-order valence-electron chi connectivity index (χ4n) is 3.41. The van der Waals surface area contributed by atoms with Gasteiger partial charge in [-0.1, -0.05) is 17.4 Å². The quantitative estimate of drug-likeness (QED) is 0.289. The molecule has 32 heavy (non-hydrogen) atoms. The molecule has 4 rings (SSSR count). The maximum absolute atomic E-state index is 13.2. The van der Waals surface area contributed by atoms with E-state index < -0.39 is 0 Å². The zero-order valence-electron chi connectivity index (χ0n) is 18.1. The van der Waals surface area contributed by atoms with E-state index in [-0.39, 0.29) is 11.7 Å². The number of rotatable bonds is 9. The Labute approximate surface area is 195 Å². The van der Waals surface area contributed by atoms with Crippen molar-refractivity contribution in [3.63, 3.8) is 0 Å². The first kappa shape index (κ1) is 22.5. The van der Waals surface area contributed by atoms with Gasteiger partial charge in [0.15, 0.2) is 5.13 Å². The van der Waals surface area contributed by atoms with Crippen LogP contribution in [0.5, 0.6) is 0 Å². The molecule has 0 spiro atoms. The molecule has 0 fully saturated rings. The van der Waals surface area contributed by atoms with Crippen molar-refractivity contribution in [3.05, 3.63) is 72.1 Å². The number of amides is 1. The van der Waals surface area contributed by atoms with Crippen molar-refractivity contribution < 1.29 is 9.18 Å². The predicted octanol–water partition coefficient (Wildman–Crippen LogP) is 5.85. The van der Waals surface area contributed by atoms with Crippen LogP contribution in [-0.4, -0.2) is 32.7 Å². The minimum absolute atomic E-state index is 0.0543. The lowest BCUT2D eigenvalue weighted by atomic mass is 10.1. The SMILES string of the molecule is Cc1ccc2sc(N(CCCn3ccnc3)C(=O)CCSc3ccc(F)cc3)nc2c1C. The van der Waals surface area contributed by atoms with Gasteiger partial charge in [-0.25, -0.2) is 14.4 Å². The summed E-state index contributed by atoms with van der Waals surface area (Å²) in [5.41, 5.74) is 3.32. The Morgan fingerprint density at radius 3 is 2.75 bits per heavy atom. The van der Waals surface area contributed by atoms with Crippen LogP contribution in [0, 0.1) is 19.7 Å². The highest BCUT2D eigenvalue weighted by molar-refractivity contribution is 7.99. The van der Waals surface area contributed by atoms with Crippen molar-refractivity contribution in [2.75, 3.05) is 17.2 Å². The fraction of sp³-hybridized carbons (Fsp3) is 0.292. The van der Waals surface area contributed by atoms with E-state index in [1.54, 1.807) is 47.8 Å². The summed E-state index contributed by atoms with van der Waals surface area (Å²) in [6.07, 6.45) is 6.67. The van der Waals surface area contributed by atoms with Gasteiger partial charge in [0.2, 0.25) is 5.91 Å². The summed E-state index contributed by atoms with van der Waals surface area (Å²) in [4.78, 5) is 24.9. The third-order valence-electron chi connectivity index (χ3n) is 5.36. The summed E-state index contributed by atoms with van der Waals surface area (Å²) in [5, 5.41) is 0.746. The minimum atomic E-state index is -0.254. The van der Waals surface area contributed by atoms with Crippen LogP contribution in [0.15, 0.2) is 60.0 Å². The van der Waals surface area contributed by atoms with Crippen LogP contribution in [0.25, 0.3) is 10.2 Å². The largest absolute Gasteiger partial charge is 0.337 e. The van der Waals surface area contributed by atoms with Crippen LogP contribution in [0.2, 0.25) is 0 Å². The average molecular weight is 469 g/mol. The fourth-order valence-corrected chi connectivity index (χ4v) is 5.32. The van der Waals surface area contributed by atoms with Crippen molar-refractivity contribution in [1.82, 2.24) is 14.5 Å². The summed E-state index contributed by atoms with van der Waals surface area (Å²) in [7, 11) is 0. The number of hydrogen-bond acceptors (Lipinski definition) is 5. The smallest absolute Gasteiger partial charge is 0.229 e. The number of carbonyl (C=O) groups excluding carboxylic acids is 1. The van der Waals surface area contributed by atoms with E-state index in [4.69, 9.17) is 4.98 Å². The van der Waals surface area contributed by atoms with Gasteiger partial charge in [-0.3, -0.25) is 9.69 Å². The second-order valence-corrected chi connectivity index (χ2v) is 9.78. The Balaban J connectivity index is 1.48. The lowest BCUT2D eigenvalue weighted by Crippen LogP contribution is -2.32. The number of halogens is 1. The topological polar surface area (TPSA) is 51.0 Å². The second-order valence-electron chi connectivity index (χ2n) is 7.60. The van der Waals surface area contributed by atoms with E-state index in [2.05, 4.69) is 31.0 Å². The summed E-state index contributed by atoms with van der Waals surface area (Å²) < 4.78 is 16.2. The third-order valence-corrected chi connectivity index (χ3v) is 7.42. The van der Waals surface area contributed by atoms with Crippen molar-refractivity contribution in [2.45, 2.75) is 38.1 Å². The molecule has 0 atom stereocenters. The van der Waals surface area contributed by atoms with Crippen LogP contribution >= 0.6 is 23.1 Å². The minimum Gasteiger partial charge on any atom is -0.337 e. The van der Waals surface area contributed by atoms with Crippen LogP contribution in [-0.2, 0) is 11.3 Å². The zero-order chi connectivity index (χ0) is 22.5. The van der Waals surface area contributed by atoms with E-state index >= 15 is 0 Å². The number of nitrogens with zero attached hydrogens (tertiary/aromatic N) is 4. The van der Waals surface area contributed by atoms with Crippen LogP contribution in [0.4, 0.5) is 9.52 Å². The lowest BCUT2D eigenvalue weighted by molar-refractivity contribution is -0.118. The predicted molar refractivity (Wildman–Crippen MR) is 130 cm³/mol. The monoisotopic (exact) mass is 468 g/mol. The van der Waals surface area contributed by atoms with Crippen molar-refractivity contribution in [2.24, 2.45) is 0 Å². The normalized spacial score (nSPS) is 11.2. The summed E-state index contributed by atoms with van der Waals surface area (Å²) in [6.45, 7) is 5.54. The van der Waals surface area contributed by atoms with Crippen molar-refractivity contribution in [1.29, 1.82) is 0 Å². The number of imidazole rings is 1. The van der Waals surface area contributed by atoms with Crippen LogP contribution in [0.3, 0.4) is 0 Å². The number of thioether (sulfide) groups is 1. The Morgan fingerprint density at radius 1 is 1.19 bits per heavy atom. The molecule has 0 saturated heterocycles. The van der Waals surface area contributed by atoms with Gasteiger partial charge in [0, 0.05) is 42.6 Å². The molecule has 4 aromatic rings. The van der Waals surface area contributed by atoms with E-state index in [9.17, 15) is 9.18 Å². The summed E-state index contributed by atoms with van der Waals surface area (Å²) in [6, 6.07) is 10.6. The first-order chi connectivity index (χ1) is 15.5. The highest BCUT2D eigenvalue weighted by Crippen LogP contribution is 2.32. The van der Waals surface area contributed by atoms with Gasteiger partial charge in [0.05, 0.1) is 16.5 Å². The number of carbonyl (C=O) groups is 1. The molecule has 5 nitrogen and oxygen atoms in total. The molecule has 0 saturated carbocycles. The van der Waals surface area contributed by atoms with Gasteiger partial charge in [-0.2, -0.15) is 0 Å². The van der Waals surface area contributed by atoms with Gasteiger partial charge >= 0.3 is 0 Å². The number of benzene rings is 2. The number of thiazole rings is 1. The maximum Gasteiger partial charge on any atom is 0.229 e. The number of fused-ring (bicyclic) bond motifs is 1. The lowest BCUT2D eigenvalue weighted by Gasteiger charge is -2.20. The first-order valence-electron chi connectivity index (χ1n) is 10.5. The number of anilines is 1. The molecule has 1 amide bonds. The first-order valence-corrected chi connectivity index (χ1v) is 12.3. The molecule has 2 aromatic heterocycles. The summed E-state index contributed by atoms with van der Waals surface area (Å²) >= 11 is 3.12. The molecule has 166 valence electrons. The van der Waals surface area contributed by atoms with E-state index in [1.807, 2.05) is 15.7 Å². The number of aryl methyl sites for hydroxylation is 3. The van der Waals surface area contributed by atoms with E-state index in [0.29, 0.717) is 18.7 Å². The number of aromatic nitrogens is 3. The van der Waals surface area contributed by atoms with E-state index in [1.165, 1.54) is 17.7 Å². The van der Waals surface area contributed by atoms with Crippen LogP contribution in [0.1, 0.15) is 24.0 Å². The van der Waals surface area contributed by atoms with Gasteiger partial charge in [-0.15, -0.1) is 11.8 Å². The van der Waals surface area contributed by atoms with Crippen LogP contribution < -0.4 is 4.90 Å². The molecule has 0 bridgehead atoms. The molecule has 0 N–H and O–H groups in total. The van der Waals surface area contributed by atoms with Gasteiger partial charge in [0.1, 0.15) is 5.82 Å². The highest BCUT2D eigenvalue weighted by atomic mass is 32.2. The molecule has 0 aliphatic carbocycles. The molecular formula is C24H25FN4OS2. The standard InChI is InChI=1S/C24H25FN4OS2/c1-17-4-9-21-23(18(17)2)27-24(32-21)29(13-3-12-28-14-11-26-16-28)22(30)10-15-31-20-7-5-19(25)6-8-20/h4-9,11,14,16H,3,10,12-13,15H2,1-2H3. The molecule has 0 aliphatic heterocycles. The molecule has 2 aromatic carbocycles. The molecule has 2 heterocycles. The molecule has 0 radical (unpaired) electrons. The van der Waals surface area contributed by atoms with Gasteiger partial charge in [0.25, 0.3) is 0 Å². The highest BCUT2D eigenvalue weighted by Gasteiger charge is 2.20. The Kier molecular flexibility index (Phi) is 7.22. The Morgan fingerprint density at radius 2 is 2.00 bits per heavy atom. The van der Waals surface area contributed by atoms with Crippen molar-refractivity contribution in [3.8, 4) is 0 Å². The Hall–Kier alpha value is -2.71. The zero-order valence-corrected chi connectivity index (χ0v) is 19.8. The second kappa shape index (κ2) is 10.3. The molecule has 0 aliphatic rings. The number of hydrogen-bond donors (Lipinski definition) is 0. The van der Waals surface area contributed by atoms with E-state index in [0.717, 1.165) is 38.8 Å². The molecular weight excluding hydrogens is 443 g/mol. The Bertz CT molecular complexity index is 1190. The average Bonchev–Trinajstić information content (AvgIpc) is 3.45. The molecule has 8 heteroatoms. The van der Waals surface area contributed by atoms with Gasteiger partial charge < -0.3 is 4.57 Å². The van der Waals surface area contributed by atoms with Gasteiger partial charge in [-0.05, 0) is 61.7 Å². The maximum atomic E-state index is 13.2.